The smallest absolute Gasteiger partial charge is 0.256 e. The van der Waals surface area contributed by atoms with Crippen molar-refractivity contribution in [3.8, 4) is 0 Å². The van der Waals surface area contributed by atoms with Crippen LogP contribution in [-0.2, 0) is 9.47 Å². The van der Waals surface area contributed by atoms with E-state index in [1.807, 2.05) is 11.8 Å². The van der Waals surface area contributed by atoms with Gasteiger partial charge in [-0.1, -0.05) is 0 Å². The molecule has 4 rings (SSSR count). The number of benzene rings is 1. The maximum absolute atomic E-state index is 13.4. The number of likely N-dealkylation sites (tertiary alicyclic amines) is 1. The Kier molecular flexibility index (Phi) is 3.39. The average molecular weight is 318 g/mol. The van der Waals surface area contributed by atoms with Crippen LogP contribution in [0, 0.1) is 12.7 Å². The van der Waals surface area contributed by atoms with Crippen molar-refractivity contribution in [2.45, 2.75) is 25.6 Å². The van der Waals surface area contributed by atoms with Crippen LogP contribution in [0.15, 0.2) is 18.2 Å². The Morgan fingerprint density at radius 1 is 1.26 bits per heavy atom. The van der Waals surface area contributed by atoms with Gasteiger partial charge in [0.15, 0.2) is 5.79 Å². The third-order valence-electron chi connectivity index (χ3n) is 4.79. The molecule has 5 nitrogen and oxygen atoms in total. The van der Waals surface area contributed by atoms with Crippen molar-refractivity contribution in [3.63, 3.8) is 0 Å². The molecule has 0 unspecified atom stereocenters. The molecule has 6 heteroatoms. The van der Waals surface area contributed by atoms with Gasteiger partial charge in [0, 0.05) is 42.5 Å². The van der Waals surface area contributed by atoms with E-state index in [9.17, 15) is 9.18 Å². The zero-order valence-electron chi connectivity index (χ0n) is 13.0. The lowest BCUT2D eigenvalue weighted by Crippen LogP contribution is -2.47. The minimum atomic E-state index is -0.491. The Balaban J connectivity index is 1.59. The van der Waals surface area contributed by atoms with Gasteiger partial charge in [-0.2, -0.15) is 0 Å². The molecule has 0 bridgehead atoms. The topological polar surface area (TPSA) is 54.6 Å². The zero-order chi connectivity index (χ0) is 16.0. The molecule has 1 N–H and O–H groups in total. The Morgan fingerprint density at radius 2 is 1.96 bits per heavy atom. The summed E-state index contributed by atoms with van der Waals surface area (Å²) in [5, 5.41) is 0.766. The molecule has 1 spiro atoms. The zero-order valence-corrected chi connectivity index (χ0v) is 13.0. The number of aromatic nitrogens is 1. The highest BCUT2D eigenvalue weighted by Crippen LogP contribution is 2.33. The minimum Gasteiger partial charge on any atom is -0.358 e. The molecule has 23 heavy (non-hydrogen) atoms. The second-order valence-electron chi connectivity index (χ2n) is 6.21. The Morgan fingerprint density at radius 3 is 2.65 bits per heavy atom. The number of piperidine rings is 1. The summed E-state index contributed by atoms with van der Waals surface area (Å²) >= 11 is 0. The Bertz CT molecular complexity index is 755. The van der Waals surface area contributed by atoms with E-state index < -0.39 is 5.79 Å². The highest BCUT2D eigenvalue weighted by atomic mass is 19.1. The predicted molar refractivity (Wildman–Crippen MR) is 82.8 cm³/mol. The van der Waals surface area contributed by atoms with Gasteiger partial charge in [-0.3, -0.25) is 4.79 Å². The van der Waals surface area contributed by atoms with Crippen molar-refractivity contribution in [2.24, 2.45) is 0 Å². The van der Waals surface area contributed by atoms with Crippen LogP contribution in [0.3, 0.4) is 0 Å². The number of aryl methyl sites for hydroxylation is 1. The highest BCUT2D eigenvalue weighted by Gasteiger charge is 2.41. The quantitative estimate of drug-likeness (QED) is 0.879. The third-order valence-corrected chi connectivity index (χ3v) is 4.79. The fourth-order valence-electron chi connectivity index (χ4n) is 3.57. The molecular weight excluding hydrogens is 299 g/mol. The summed E-state index contributed by atoms with van der Waals surface area (Å²) in [7, 11) is 0. The number of hydrogen-bond donors (Lipinski definition) is 1. The van der Waals surface area contributed by atoms with Crippen molar-refractivity contribution >= 4 is 16.8 Å². The Labute approximate surface area is 133 Å². The van der Waals surface area contributed by atoms with Crippen molar-refractivity contribution in [1.82, 2.24) is 9.88 Å². The summed E-state index contributed by atoms with van der Waals surface area (Å²) in [6, 6.07) is 4.47. The van der Waals surface area contributed by atoms with E-state index in [4.69, 9.17) is 9.47 Å². The molecule has 0 saturated carbocycles. The Hall–Kier alpha value is -1.92. The maximum Gasteiger partial charge on any atom is 0.256 e. The van der Waals surface area contributed by atoms with Gasteiger partial charge in [0.25, 0.3) is 5.91 Å². The molecule has 2 aromatic rings. The lowest BCUT2D eigenvalue weighted by Gasteiger charge is -2.37. The van der Waals surface area contributed by atoms with Crippen LogP contribution < -0.4 is 0 Å². The number of carbonyl (C=O) groups is 1. The first-order valence-corrected chi connectivity index (χ1v) is 7.93. The summed E-state index contributed by atoms with van der Waals surface area (Å²) in [5.41, 5.74) is 2.05. The van der Waals surface area contributed by atoms with Gasteiger partial charge in [-0.15, -0.1) is 0 Å². The molecule has 0 aliphatic carbocycles. The minimum absolute atomic E-state index is 0.0202. The average Bonchev–Trinajstić information content (AvgIpc) is 3.11. The SMILES string of the molecule is Cc1[nH]c2cc(F)ccc2c1C(=O)N1CCC2(CC1)OCCO2. The first kappa shape index (κ1) is 14.7. The normalized spacial score (nSPS) is 20.5. The van der Waals surface area contributed by atoms with E-state index in [1.54, 1.807) is 6.07 Å². The van der Waals surface area contributed by atoms with Gasteiger partial charge in [0.05, 0.1) is 18.8 Å². The largest absolute Gasteiger partial charge is 0.358 e. The van der Waals surface area contributed by atoms with E-state index in [0.717, 1.165) is 11.1 Å². The number of H-pyrrole nitrogens is 1. The maximum atomic E-state index is 13.4. The van der Waals surface area contributed by atoms with Gasteiger partial charge in [0.2, 0.25) is 0 Å². The molecule has 0 radical (unpaired) electrons. The van der Waals surface area contributed by atoms with Crippen molar-refractivity contribution in [2.75, 3.05) is 26.3 Å². The predicted octanol–water partition coefficient (Wildman–Crippen LogP) is 2.59. The summed E-state index contributed by atoms with van der Waals surface area (Å²) < 4.78 is 24.8. The van der Waals surface area contributed by atoms with Crippen LogP contribution in [0.5, 0.6) is 0 Å². The van der Waals surface area contributed by atoms with Crippen LogP contribution in [0.2, 0.25) is 0 Å². The number of fused-ring (bicyclic) bond motifs is 1. The molecule has 2 saturated heterocycles. The number of hydrogen-bond acceptors (Lipinski definition) is 3. The molecule has 2 aliphatic heterocycles. The molecule has 3 heterocycles. The van der Waals surface area contributed by atoms with Gasteiger partial charge < -0.3 is 19.4 Å². The lowest BCUT2D eigenvalue weighted by molar-refractivity contribution is -0.181. The number of halogens is 1. The molecule has 1 amide bonds. The fraction of sp³-hybridized carbons (Fsp3) is 0.471. The standard InChI is InChI=1S/C17H19FN2O3/c1-11-15(13-3-2-12(18)10-14(13)19-11)16(21)20-6-4-17(5-7-20)22-8-9-23-17/h2-3,10,19H,4-9H2,1H3. The van der Waals surface area contributed by atoms with Crippen LogP contribution in [0.25, 0.3) is 10.9 Å². The van der Waals surface area contributed by atoms with Crippen molar-refractivity contribution in [3.05, 3.63) is 35.3 Å². The fourth-order valence-corrected chi connectivity index (χ4v) is 3.57. The van der Waals surface area contributed by atoms with Crippen LogP contribution in [0.1, 0.15) is 28.9 Å². The number of ether oxygens (including phenoxy) is 2. The van der Waals surface area contributed by atoms with E-state index in [0.29, 0.717) is 50.2 Å². The van der Waals surface area contributed by atoms with Gasteiger partial charge >= 0.3 is 0 Å². The van der Waals surface area contributed by atoms with Crippen LogP contribution in [-0.4, -0.2) is 47.9 Å². The summed E-state index contributed by atoms with van der Waals surface area (Å²) in [6.45, 7) is 4.31. The number of amides is 1. The molecular formula is C17H19FN2O3. The highest BCUT2D eigenvalue weighted by molar-refractivity contribution is 6.08. The van der Waals surface area contributed by atoms with Gasteiger partial charge in [-0.25, -0.2) is 4.39 Å². The van der Waals surface area contributed by atoms with Crippen molar-refractivity contribution < 1.29 is 18.7 Å². The third kappa shape index (κ3) is 2.42. The molecule has 0 atom stereocenters. The van der Waals surface area contributed by atoms with Crippen LogP contribution in [0.4, 0.5) is 4.39 Å². The second-order valence-corrected chi connectivity index (χ2v) is 6.21. The number of rotatable bonds is 1. The lowest BCUT2D eigenvalue weighted by atomic mass is 10.0. The van der Waals surface area contributed by atoms with E-state index >= 15 is 0 Å². The second kappa shape index (κ2) is 5.32. The first-order valence-electron chi connectivity index (χ1n) is 7.93. The van der Waals surface area contributed by atoms with Crippen LogP contribution >= 0.6 is 0 Å². The molecule has 2 fully saturated rings. The van der Waals surface area contributed by atoms with Crippen molar-refractivity contribution in [1.29, 1.82) is 0 Å². The monoisotopic (exact) mass is 318 g/mol. The first-order chi connectivity index (χ1) is 11.1. The molecule has 122 valence electrons. The number of nitrogens with one attached hydrogen (secondary N) is 1. The van der Waals surface area contributed by atoms with Gasteiger partial charge in [0.1, 0.15) is 5.82 Å². The van der Waals surface area contributed by atoms with E-state index in [1.165, 1.54) is 12.1 Å². The molecule has 1 aromatic heterocycles. The van der Waals surface area contributed by atoms with E-state index in [2.05, 4.69) is 4.98 Å². The van der Waals surface area contributed by atoms with Gasteiger partial charge in [-0.05, 0) is 25.1 Å². The summed E-state index contributed by atoms with van der Waals surface area (Å²) in [6.07, 6.45) is 1.38. The van der Waals surface area contributed by atoms with E-state index in [-0.39, 0.29) is 11.7 Å². The summed E-state index contributed by atoms with van der Waals surface area (Å²) in [4.78, 5) is 17.8. The number of carbonyl (C=O) groups excluding carboxylic acids is 1. The summed E-state index contributed by atoms with van der Waals surface area (Å²) in [5.74, 6) is -0.823. The molecule has 1 aromatic carbocycles. The number of aromatic amines is 1. The number of nitrogens with zero attached hydrogens (tertiary/aromatic N) is 1. The molecule has 2 aliphatic rings.